The first-order chi connectivity index (χ1) is 13.0. The Morgan fingerprint density at radius 1 is 0.889 bits per heavy atom. The van der Waals surface area contributed by atoms with E-state index in [0.29, 0.717) is 5.02 Å². The van der Waals surface area contributed by atoms with Gasteiger partial charge in [0.1, 0.15) is 0 Å². The van der Waals surface area contributed by atoms with E-state index in [1.54, 1.807) is 0 Å². The van der Waals surface area contributed by atoms with Gasteiger partial charge in [-0.25, -0.2) is 0 Å². The Labute approximate surface area is 166 Å². The van der Waals surface area contributed by atoms with Crippen LogP contribution in [0.25, 0.3) is 0 Å². The summed E-state index contributed by atoms with van der Waals surface area (Å²) in [5.74, 6) is -0.0488. The van der Waals surface area contributed by atoms with Crippen molar-refractivity contribution in [2.75, 3.05) is 5.32 Å². The molecule has 0 radical (unpaired) electrons. The van der Waals surface area contributed by atoms with Crippen molar-refractivity contribution in [1.82, 2.24) is 0 Å². The van der Waals surface area contributed by atoms with Crippen LogP contribution in [0.15, 0.2) is 78.9 Å². The van der Waals surface area contributed by atoms with E-state index in [1.165, 1.54) is 5.56 Å². The third-order valence-electron chi connectivity index (χ3n) is 4.69. The molecule has 1 unspecified atom stereocenters. The molecule has 1 amide bonds. The van der Waals surface area contributed by atoms with Crippen molar-refractivity contribution in [3.05, 3.63) is 101 Å². The topological polar surface area (TPSA) is 29.1 Å². The van der Waals surface area contributed by atoms with Gasteiger partial charge in [0.25, 0.3) is 0 Å². The number of halogens is 1. The minimum absolute atomic E-state index is 0.00725. The lowest BCUT2D eigenvalue weighted by Crippen LogP contribution is -2.25. The lowest BCUT2D eigenvalue weighted by atomic mass is 9.87. The van der Waals surface area contributed by atoms with Crippen molar-refractivity contribution >= 4 is 23.2 Å². The fourth-order valence-corrected chi connectivity index (χ4v) is 3.46. The fraction of sp³-hybridized carbons (Fsp3) is 0.208. The summed E-state index contributed by atoms with van der Waals surface area (Å²) in [6.45, 7) is 4.13. The second-order valence-electron chi connectivity index (χ2n) is 7.08. The molecule has 0 fully saturated rings. The van der Waals surface area contributed by atoms with Crippen molar-refractivity contribution in [2.45, 2.75) is 26.2 Å². The number of amides is 1. The Bertz CT molecular complexity index is 888. The molecule has 1 N–H and O–H groups in total. The summed E-state index contributed by atoms with van der Waals surface area (Å²) < 4.78 is 0. The average molecular weight is 378 g/mol. The van der Waals surface area contributed by atoms with Crippen LogP contribution in [0.1, 0.15) is 36.5 Å². The largest absolute Gasteiger partial charge is 0.325 e. The van der Waals surface area contributed by atoms with Gasteiger partial charge in [0.05, 0.1) is 5.92 Å². The highest BCUT2D eigenvalue weighted by Gasteiger charge is 2.24. The third kappa shape index (κ3) is 4.99. The summed E-state index contributed by atoms with van der Waals surface area (Å²) in [6, 6.07) is 25.8. The molecule has 0 aromatic heterocycles. The molecule has 3 aromatic carbocycles. The number of carbonyl (C=O) groups excluding carboxylic acids is 1. The van der Waals surface area contributed by atoms with E-state index >= 15 is 0 Å². The molecule has 27 heavy (non-hydrogen) atoms. The quantitative estimate of drug-likeness (QED) is 0.535. The predicted octanol–water partition coefficient (Wildman–Crippen LogP) is 6.31. The van der Waals surface area contributed by atoms with Gasteiger partial charge >= 0.3 is 0 Å². The minimum Gasteiger partial charge on any atom is -0.325 e. The SMILES string of the molecule is CC(C)C(C(=O)Nc1ccccc1Cc1ccccc1)c1ccc(Cl)cc1. The van der Waals surface area contributed by atoms with Gasteiger partial charge in [-0.3, -0.25) is 4.79 Å². The molecule has 3 aromatic rings. The molecular formula is C24H24ClNO. The summed E-state index contributed by atoms with van der Waals surface area (Å²) >= 11 is 6.00. The molecule has 0 aliphatic carbocycles. The fourth-order valence-electron chi connectivity index (χ4n) is 3.33. The van der Waals surface area contributed by atoms with Crippen LogP contribution in [0.5, 0.6) is 0 Å². The maximum Gasteiger partial charge on any atom is 0.232 e. The Balaban J connectivity index is 1.83. The van der Waals surface area contributed by atoms with Crippen LogP contribution in [0, 0.1) is 5.92 Å². The van der Waals surface area contributed by atoms with Gasteiger partial charge in [-0.1, -0.05) is 86.1 Å². The van der Waals surface area contributed by atoms with Crippen molar-refractivity contribution in [1.29, 1.82) is 0 Å². The predicted molar refractivity (Wildman–Crippen MR) is 113 cm³/mol. The second kappa shape index (κ2) is 8.88. The number of benzene rings is 3. The van der Waals surface area contributed by atoms with Crippen LogP contribution in [0.3, 0.4) is 0 Å². The van der Waals surface area contributed by atoms with Gasteiger partial charge in [-0.2, -0.15) is 0 Å². The van der Waals surface area contributed by atoms with Gasteiger partial charge in [0.15, 0.2) is 0 Å². The molecule has 3 rings (SSSR count). The van der Waals surface area contributed by atoms with Gasteiger partial charge in [0.2, 0.25) is 5.91 Å². The van der Waals surface area contributed by atoms with Gasteiger partial charge in [-0.15, -0.1) is 0 Å². The molecule has 138 valence electrons. The van der Waals surface area contributed by atoms with Gasteiger partial charge in [0, 0.05) is 10.7 Å². The second-order valence-corrected chi connectivity index (χ2v) is 7.52. The van der Waals surface area contributed by atoms with E-state index < -0.39 is 0 Å². The number of anilines is 1. The summed E-state index contributed by atoms with van der Waals surface area (Å²) in [4.78, 5) is 13.1. The van der Waals surface area contributed by atoms with Crippen LogP contribution in [0.2, 0.25) is 5.02 Å². The number of hydrogen-bond acceptors (Lipinski definition) is 1. The lowest BCUT2D eigenvalue weighted by Gasteiger charge is -2.22. The highest BCUT2D eigenvalue weighted by atomic mass is 35.5. The Kier molecular flexibility index (Phi) is 6.31. The number of carbonyl (C=O) groups is 1. The maximum atomic E-state index is 13.1. The summed E-state index contributed by atoms with van der Waals surface area (Å²) in [5, 5.41) is 3.83. The van der Waals surface area contributed by atoms with E-state index in [2.05, 4.69) is 37.4 Å². The third-order valence-corrected chi connectivity index (χ3v) is 4.94. The number of hydrogen-bond donors (Lipinski definition) is 1. The zero-order chi connectivity index (χ0) is 19.2. The number of nitrogens with one attached hydrogen (secondary N) is 1. The molecule has 0 saturated carbocycles. The molecule has 3 heteroatoms. The zero-order valence-corrected chi connectivity index (χ0v) is 16.4. The monoisotopic (exact) mass is 377 g/mol. The molecule has 0 aliphatic heterocycles. The normalized spacial score (nSPS) is 12.0. The van der Waals surface area contributed by atoms with E-state index in [9.17, 15) is 4.79 Å². The Morgan fingerprint density at radius 3 is 2.19 bits per heavy atom. The molecule has 0 spiro atoms. The first kappa shape index (κ1) is 19.2. The molecule has 0 bridgehead atoms. The maximum absolute atomic E-state index is 13.1. The summed E-state index contributed by atoms with van der Waals surface area (Å²) in [6.07, 6.45) is 0.782. The molecule has 0 aliphatic rings. The number of para-hydroxylation sites is 1. The van der Waals surface area contributed by atoms with Crippen LogP contribution >= 0.6 is 11.6 Å². The van der Waals surface area contributed by atoms with Crippen molar-refractivity contribution in [2.24, 2.45) is 5.92 Å². The standard InChI is InChI=1S/C24H24ClNO/c1-17(2)23(19-12-14-21(25)15-13-19)24(27)26-22-11-7-6-10-20(22)16-18-8-4-3-5-9-18/h3-15,17,23H,16H2,1-2H3,(H,26,27). The van der Waals surface area contributed by atoms with Crippen LogP contribution in [-0.4, -0.2) is 5.91 Å². The van der Waals surface area contributed by atoms with Gasteiger partial charge in [-0.05, 0) is 47.2 Å². The number of rotatable bonds is 6. The highest BCUT2D eigenvalue weighted by molar-refractivity contribution is 6.30. The van der Waals surface area contributed by atoms with Gasteiger partial charge < -0.3 is 5.32 Å². The van der Waals surface area contributed by atoms with E-state index in [4.69, 9.17) is 11.6 Å². The zero-order valence-electron chi connectivity index (χ0n) is 15.7. The van der Waals surface area contributed by atoms with E-state index in [-0.39, 0.29) is 17.7 Å². The highest BCUT2D eigenvalue weighted by Crippen LogP contribution is 2.28. The molecular weight excluding hydrogens is 354 g/mol. The first-order valence-electron chi connectivity index (χ1n) is 9.22. The van der Waals surface area contributed by atoms with Crippen molar-refractivity contribution < 1.29 is 4.79 Å². The summed E-state index contributed by atoms with van der Waals surface area (Å²) in [7, 11) is 0. The van der Waals surface area contributed by atoms with Crippen LogP contribution in [-0.2, 0) is 11.2 Å². The van der Waals surface area contributed by atoms with Crippen molar-refractivity contribution in [3.63, 3.8) is 0 Å². The molecule has 2 nitrogen and oxygen atoms in total. The van der Waals surface area contributed by atoms with Crippen molar-refractivity contribution in [3.8, 4) is 0 Å². The first-order valence-corrected chi connectivity index (χ1v) is 9.60. The molecule has 0 saturated heterocycles. The van der Waals surface area contributed by atoms with E-state index in [0.717, 1.165) is 23.2 Å². The Morgan fingerprint density at radius 2 is 1.52 bits per heavy atom. The smallest absolute Gasteiger partial charge is 0.232 e. The van der Waals surface area contributed by atoms with Crippen LogP contribution in [0.4, 0.5) is 5.69 Å². The minimum atomic E-state index is -0.230. The lowest BCUT2D eigenvalue weighted by molar-refractivity contribution is -0.118. The Hall–Kier alpha value is -2.58. The van der Waals surface area contributed by atoms with E-state index in [1.807, 2.05) is 60.7 Å². The molecule has 0 heterocycles. The summed E-state index contributed by atoms with van der Waals surface area (Å²) in [5.41, 5.74) is 4.17. The van der Waals surface area contributed by atoms with Crippen LogP contribution < -0.4 is 5.32 Å². The average Bonchev–Trinajstić information content (AvgIpc) is 2.66. The molecule has 1 atom stereocenters.